The highest BCUT2D eigenvalue weighted by Crippen LogP contribution is 2.35. The first kappa shape index (κ1) is 14.7. The van der Waals surface area contributed by atoms with Gasteiger partial charge in [0.15, 0.2) is 0 Å². The first-order valence-corrected chi connectivity index (χ1v) is 7.56. The summed E-state index contributed by atoms with van der Waals surface area (Å²) in [5, 5.41) is 9.33. The maximum absolute atomic E-state index is 11.4. The average Bonchev–Trinajstić information content (AvgIpc) is 2.45. The fourth-order valence-electron chi connectivity index (χ4n) is 2.99. The van der Waals surface area contributed by atoms with E-state index in [0.29, 0.717) is 6.54 Å². The minimum atomic E-state index is -0.847. The molecule has 1 N–H and O–H groups in total. The summed E-state index contributed by atoms with van der Waals surface area (Å²) in [7, 11) is 0. The molecule has 0 aromatic heterocycles. The van der Waals surface area contributed by atoms with Gasteiger partial charge in [0, 0.05) is 25.3 Å². The van der Waals surface area contributed by atoms with Crippen LogP contribution in [0.5, 0.6) is 0 Å². The maximum Gasteiger partial charge on any atom is 0.411 e. The van der Waals surface area contributed by atoms with Crippen LogP contribution in [0.3, 0.4) is 0 Å². The van der Waals surface area contributed by atoms with E-state index in [1.54, 1.807) is 0 Å². The molecule has 0 saturated heterocycles. The normalized spacial score (nSPS) is 14.0. The molecule has 20 heavy (non-hydrogen) atoms. The van der Waals surface area contributed by atoms with E-state index in [1.165, 1.54) is 16.2 Å². The van der Waals surface area contributed by atoms with Crippen molar-refractivity contribution in [1.29, 1.82) is 0 Å². The third-order valence-corrected chi connectivity index (χ3v) is 3.78. The molecular formula is C16H24N2O2. The number of nitrogens with zero attached hydrogens (tertiary/aromatic N) is 2. The van der Waals surface area contributed by atoms with Crippen LogP contribution >= 0.6 is 0 Å². The SMILES string of the molecule is CCCN(CCC)c1cccc2c1CCCN2C(=O)O. The Hall–Kier alpha value is -1.71. The van der Waals surface area contributed by atoms with Gasteiger partial charge in [0.2, 0.25) is 0 Å². The van der Waals surface area contributed by atoms with Crippen molar-refractivity contribution < 1.29 is 9.90 Å². The number of fused-ring (bicyclic) bond motifs is 1. The highest BCUT2D eigenvalue weighted by Gasteiger charge is 2.25. The van der Waals surface area contributed by atoms with Crippen LogP contribution in [0.25, 0.3) is 0 Å². The Morgan fingerprint density at radius 2 is 2.00 bits per heavy atom. The van der Waals surface area contributed by atoms with E-state index >= 15 is 0 Å². The van der Waals surface area contributed by atoms with Crippen molar-refractivity contribution in [2.75, 3.05) is 29.4 Å². The summed E-state index contributed by atoms with van der Waals surface area (Å²) in [5.41, 5.74) is 3.29. The average molecular weight is 276 g/mol. The predicted octanol–water partition coefficient (Wildman–Crippen LogP) is 3.74. The molecule has 0 unspecified atom stereocenters. The van der Waals surface area contributed by atoms with Gasteiger partial charge >= 0.3 is 6.09 Å². The van der Waals surface area contributed by atoms with Gasteiger partial charge in [-0.05, 0) is 43.4 Å². The minimum Gasteiger partial charge on any atom is -0.465 e. The van der Waals surface area contributed by atoms with Crippen LogP contribution in [-0.2, 0) is 6.42 Å². The Bertz CT molecular complexity index is 468. The highest BCUT2D eigenvalue weighted by atomic mass is 16.4. The van der Waals surface area contributed by atoms with E-state index in [0.717, 1.165) is 44.5 Å². The lowest BCUT2D eigenvalue weighted by molar-refractivity contribution is 0.201. The van der Waals surface area contributed by atoms with Gasteiger partial charge < -0.3 is 10.0 Å². The summed E-state index contributed by atoms with van der Waals surface area (Å²) in [6.45, 7) is 7.02. The second-order valence-electron chi connectivity index (χ2n) is 5.30. The molecule has 0 spiro atoms. The number of anilines is 2. The van der Waals surface area contributed by atoms with Crippen molar-refractivity contribution in [2.45, 2.75) is 39.5 Å². The molecule has 110 valence electrons. The molecule has 1 amide bonds. The van der Waals surface area contributed by atoms with Crippen LogP contribution in [0.4, 0.5) is 16.2 Å². The third kappa shape index (κ3) is 2.89. The first-order valence-electron chi connectivity index (χ1n) is 7.56. The molecule has 1 heterocycles. The lowest BCUT2D eigenvalue weighted by atomic mass is 9.99. The summed E-state index contributed by atoms with van der Waals surface area (Å²) in [4.78, 5) is 15.2. The Labute approximate surface area is 121 Å². The molecule has 0 atom stereocenters. The fourth-order valence-corrected chi connectivity index (χ4v) is 2.99. The minimum absolute atomic E-state index is 0.605. The van der Waals surface area contributed by atoms with Gasteiger partial charge in [0.05, 0.1) is 5.69 Å². The molecule has 0 radical (unpaired) electrons. The zero-order chi connectivity index (χ0) is 14.5. The van der Waals surface area contributed by atoms with Crippen molar-refractivity contribution >= 4 is 17.5 Å². The molecule has 1 aliphatic heterocycles. The Kier molecular flexibility index (Phi) is 4.88. The summed E-state index contributed by atoms with van der Waals surface area (Å²) in [6.07, 6.45) is 3.24. The van der Waals surface area contributed by atoms with E-state index in [9.17, 15) is 9.90 Å². The molecule has 0 bridgehead atoms. The quantitative estimate of drug-likeness (QED) is 0.891. The van der Waals surface area contributed by atoms with Crippen LogP contribution in [-0.4, -0.2) is 30.8 Å². The van der Waals surface area contributed by atoms with Gasteiger partial charge in [-0.25, -0.2) is 4.79 Å². The summed E-state index contributed by atoms with van der Waals surface area (Å²) in [6, 6.07) is 6.05. The molecule has 4 heteroatoms. The number of carbonyl (C=O) groups is 1. The standard InChI is InChI=1S/C16H24N2O2/c1-3-10-17(11-4-2)14-8-5-9-15-13(14)7-6-12-18(15)16(19)20/h5,8-9H,3-4,6-7,10-12H2,1-2H3,(H,19,20). The van der Waals surface area contributed by atoms with Crippen molar-refractivity contribution in [3.63, 3.8) is 0 Å². The molecular weight excluding hydrogens is 252 g/mol. The molecule has 4 nitrogen and oxygen atoms in total. The van der Waals surface area contributed by atoms with Gasteiger partial charge in [-0.15, -0.1) is 0 Å². The number of hydrogen-bond acceptors (Lipinski definition) is 2. The third-order valence-electron chi connectivity index (χ3n) is 3.78. The fraction of sp³-hybridized carbons (Fsp3) is 0.562. The van der Waals surface area contributed by atoms with Crippen molar-refractivity contribution in [2.24, 2.45) is 0 Å². The van der Waals surface area contributed by atoms with E-state index in [4.69, 9.17) is 0 Å². The second kappa shape index (κ2) is 6.64. The lowest BCUT2D eigenvalue weighted by Crippen LogP contribution is -2.35. The van der Waals surface area contributed by atoms with Gasteiger partial charge in [-0.3, -0.25) is 4.90 Å². The lowest BCUT2D eigenvalue weighted by Gasteiger charge is -2.33. The maximum atomic E-state index is 11.4. The largest absolute Gasteiger partial charge is 0.465 e. The number of carboxylic acid groups (broad SMARTS) is 1. The van der Waals surface area contributed by atoms with Gasteiger partial charge in [-0.2, -0.15) is 0 Å². The summed E-state index contributed by atoms with van der Waals surface area (Å²) < 4.78 is 0. The smallest absolute Gasteiger partial charge is 0.411 e. The van der Waals surface area contributed by atoms with Gasteiger partial charge in [-0.1, -0.05) is 19.9 Å². The topological polar surface area (TPSA) is 43.8 Å². The Morgan fingerprint density at radius 3 is 2.60 bits per heavy atom. The molecule has 1 aliphatic rings. The van der Waals surface area contributed by atoms with Crippen LogP contribution in [0.15, 0.2) is 18.2 Å². The molecule has 2 rings (SSSR count). The zero-order valence-corrected chi connectivity index (χ0v) is 12.4. The number of hydrogen-bond donors (Lipinski definition) is 1. The van der Waals surface area contributed by atoms with Crippen LogP contribution in [0, 0.1) is 0 Å². The molecule has 1 aromatic carbocycles. The molecule has 0 aliphatic carbocycles. The van der Waals surface area contributed by atoms with Crippen molar-refractivity contribution in [3.8, 4) is 0 Å². The molecule has 0 saturated carbocycles. The number of rotatable bonds is 5. The number of benzene rings is 1. The highest BCUT2D eigenvalue weighted by molar-refractivity contribution is 5.89. The van der Waals surface area contributed by atoms with Gasteiger partial charge in [0.1, 0.15) is 0 Å². The molecule has 1 aromatic rings. The predicted molar refractivity (Wildman–Crippen MR) is 82.9 cm³/mol. The van der Waals surface area contributed by atoms with E-state index < -0.39 is 6.09 Å². The summed E-state index contributed by atoms with van der Waals surface area (Å²) in [5.74, 6) is 0. The molecule has 0 fully saturated rings. The van der Waals surface area contributed by atoms with Crippen molar-refractivity contribution in [3.05, 3.63) is 23.8 Å². The van der Waals surface area contributed by atoms with Crippen LogP contribution in [0.2, 0.25) is 0 Å². The monoisotopic (exact) mass is 276 g/mol. The van der Waals surface area contributed by atoms with Crippen LogP contribution < -0.4 is 9.80 Å². The Balaban J connectivity index is 2.40. The van der Waals surface area contributed by atoms with Crippen LogP contribution in [0.1, 0.15) is 38.7 Å². The zero-order valence-electron chi connectivity index (χ0n) is 12.4. The van der Waals surface area contributed by atoms with E-state index in [-0.39, 0.29) is 0 Å². The summed E-state index contributed by atoms with van der Waals surface area (Å²) >= 11 is 0. The van der Waals surface area contributed by atoms with Gasteiger partial charge in [0.25, 0.3) is 0 Å². The van der Waals surface area contributed by atoms with E-state index in [2.05, 4.69) is 24.8 Å². The van der Waals surface area contributed by atoms with Crippen molar-refractivity contribution in [1.82, 2.24) is 0 Å². The second-order valence-corrected chi connectivity index (χ2v) is 5.30. The first-order chi connectivity index (χ1) is 9.69. The Morgan fingerprint density at radius 1 is 1.30 bits per heavy atom. The van der Waals surface area contributed by atoms with E-state index in [1.807, 2.05) is 12.1 Å². The number of amides is 1.